The lowest BCUT2D eigenvalue weighted by molar-refractivity contribution is -0.120. The molecule has 0 aliphatic carbocycles. The van der Waals surface area contributed by atoms with Crippen molar-refractivity contribution in [2.75, 3.05) is 6.54 Å². The number of carbonyl (C=O) groups is 1. The van der Waals surface area contributed by atoms with Gasteiger partial charge in [-0.25, -0.2) is 0 Å². The third-order valence-electron chi connectivity index (χ3n) is 1.91. The van der Waals surface area contributed by atoms with Crippen LogP contribution in [-0.4, -0.2) is 12.5 Å². The van der Waals surface area contributed by atoms with Gasteiger partial charge in [-0.05, 0) is 17.7 Å². The van der Waals surface area contributed by atoms with E-state index in [0.717, 1.165) is 5.56 Å². The summed E-state index contributed by atoms with van der Waals surface area (Å²) in [5, 5.41) is 11.8. The highest BCUT2D eigenvalue weighted by atomic mass is 35.5. The molecular formula is C11H10Cl2N2O. The van der Waals surface area contributed by atoms with Gasteiger partial charge in [0, 0.05) is 6.54 Å². The highest BCUT2D eigenvalue weighted by Crippen LogP contribution is 2.22. The van der Waals surface area contributed by atoms with Crippen molar-refractivity contribution in [3.63, 3.8) is 0 Å². The lowest BCUT2D eigenvalue weighted by Gasteiger charge is -2.04. The third kappa shape index (κ3) is 4.09. The summed E-state index contributed by atoms with van der Waals surface area (Å²) in [5.74, 6) is -0.131. The van der Waals surface area contributed by atoms with E-state index in [0.29, 0.717) is 23.0 Å². The second kappa shape index (κ2) is 6.37. The van der Waals surface area contributed by atoms with Crippen LogP contribution in [0.5, 0.6) is 0 Å². The molecule has 0 unspecified atom stereocenters. The van der Waals surface area contributed by atoms with Gasteiger partial charge in [0.1, 0.15) is 0 Å². The normalized spacial score (nSPS) is 9.56. The van der Waals surface area contributed by atoms with E-state index in [1.54, 1.807) is 18.2 Å². The van der Waals surface area contributed by atoms with Gasteiger partial charge in [-0.1, -0.05) is 29.3 Å². The zero-order valence-corrected chi connectivity index (χ0v) is 9.98. The van der Waals surface area contributed by atoms with Gasteiger partial charge in [0.2, 0.25) is 5.91 Å². The Hall–Kier alpha value is -1.24. The Bertz CT molecular complexity index is 426. The number of hydrogen-bond acceptors (Lipinski definition) is 2. The van der Waals surface area contributed by atoms with E-state index >= 15 is 0 Å². The zero-order chi connectivity index (χ0) is 12.0. The van der Waals surface area contributed by atoms with Gasteiger partial charge in [0.05, 0.1) is 29.0 Å². The Balaban J connectivity index is 2.50. The molecule has 1 aromatic carbocycles. The molecule has 5 heteroatoms. The fraction of sp³-hybridized carbons (Fsp3) is 0.273. The van der Waals surface area contributed by atoms with Gasteiger partial charge in [-0.15, -0.1) is 0 Å². The van der Waals surface area contributed by atoms with Crippen LogP contribution >= 0.6 is 23.2 Å². The first kappa shape index (κ1) is 12.8. The zero-order valence-electron chi connectivity index (χ0n) is 8.46. The molecular weight excluding hydrogens is 247 g/mol. The number of nitriles is 1. The first-order chi connectivity index (χ1) is 7.63. The number of carbonyl (C=O) groups excluding carboxylic acids is 1. The van der Waals surface area contributed by atoms with E-state index in [1.165, 1.54) is 0 Å². The Kier molecular flexibility index (Phi) is 5.10. The molecule has 1 amide bonds. The summed E-state index contributed by atoms with van der Waals surface area (Å²) in [7, 11) is 0. The van der Waals surface area contributed by atoms with E-state index in [4.69, 9.17) is 28.5 Å². The Labute approximate surface area is 104 Å². The van der Waals surface area contributed by atoms with Crippen molar-refractivity contribution in [3.05, 3.63) is 33.8 Å². The second-order valence-corrected chi connectivity index (χ2v) is 4.00. The first-order valence-corrected chi connectivity index (χ1v) is 5.46. The van der Waals surface area contributed by atoms with E-state index in [2.05, 4.69) is 5.32 Å². The molecule has 0 atom stereocenters. The van der Waals surface area contributed by atoms with Crippen LogP contribution < -0.4 is 5.32 Å². The molecule has 0 aliphatic heterocycles. The number of nitrogens with zero attached hydrogens (tertiary/aromatic N) is 1. The molecule has 0 fully saturated rings. The van der Waals surface area contributed by atoms with Crippen LogP contribution in [0.2, 0.25) is 10.0 Å². The van der Waals surface area contributed by atoms with Crippen molar-refractivity contribution in [3.8, 4) is 6.07 Å². The van der Waals surface area contributed by atoms with Crippen LogP contribution in [0.1, 0.15) is 12.0 Å². The SMILES string of the molecule is N#CCCNC(=O)Cc1ccc(Cl)c(Cl)c1. The monoisotopic (exact) mass is 256 g/mol. The highest BCUT2D eigenvalue weighted by molar-refractivity contribution is 6.42. The summed E-state index contributed by atoms with van der Waals surface area (Å²) < 4.78 is 0. The Morgan fingerprint density at radius 1 is 1.38 bits per heavy atom. The van der Waals surface area contributed by atoms with Gasteiger partial charge in [-0.3, -0.25) is 4.79 Å². The molecule has 1 aromatic rings. The molecule has 0 saturated carbocycles. The van der Waals surface area contributed by atoms with Crippen molar-refractivity contribution in [2.24, 2.45) is 0 Å². The largest absolute Gasteiger partial charge is 0.355 e. The van der Waals surface area contributed by atoms with E-state index in [1.807, 2.05) is 6.07 Å². The fourth-order valence-electron chi connectivity index (χ4n) is 1.16. The first-order valence-electron chi connectivity index (χ1n) is 4.71. The summed E-state index contributed by atoms with van der Waals surface area (Å²) in [4.78, 5) is 11.4. The second-order valence-electron chi connectivity index (χ2n) is 3.18. The standard InChI is InChI=1S/C11H10Cl2N2O/c12-9-3-2-8(6-10(9)13)7-11(16)15-5-1-4-14/h2-3,6H,1,5,7H2,(H,15,16). The summed E-state index contributed by atoms with van der Waals surface area (Å²) in [6, 6.07) is 7.01. The van der Waals surface area contributed by atoms with Crippen LogP contribution in [-0.2, 0) is 11.2 Å². The predicted molar refractivity (Wildman–Crippen MR) is 63.4 cm³/mol. The smallest absolute Gasteiger partial charge is 0.224 e. The summed E-state index contributed by atoms with van der Waals surface area (Å²) in [6.45, 7) is 0.372. The fourth-order valence-corrected chi connectivity index (χ4v) is 1.48. The predicted octanol–water partition coefficient (Wildman–Crippen LogP) is 2.57. The Morgan fingerprint density at radius 2 is 2.12 bits per heavy atom. The topological polar surface area (TPSA) is 52.9 Å². The highest BCUT2D eigenvalue weighted by Gasteiger charge is 2.04. The van der Waals surface area contributed by atoms with Gasteiger partial charge in [0.25, 0.3) is 0 Å². The Morgan fingerprint density at radius 3 is 2.75 bits per heavy atom. The molecule has 16 heavy (non-hydrogen) atoms. The van der Waals surface area contributed by atoms with Crippen molar-refractivity contribution < 1.29 is 4.79 Å². The van der Waals surface area contributed by atoms with Crippen molar-refractivity contribution in [2.45, 2.75) is 12.8 Å². The van der Waals surface area contributed by atoms with Gasteiger partial charge < -0.3 is 5.32 Å². The lowest BCUT2D eigenvalue weighted by Crippen LogP contribution is -2.25. The number of hydrogen-bond donors (Lipinski definition) is 1. The van der Waals surface area contributed by atoms with Crippen LogP contribution in [0.3, 0.4) is 0 Å². The summed E-state index contributed by atoms with van der Waals surface area (Å²) in [6.07, 6.45) is 0.551. The lowest BCUT2D eigenvalue weighted by atomic mass is 10.1. The van der Waals surface area contributed by atoms with Gasteiger partial charge in [-0.2, -0.15) is 5.26 Å². The summed E-state index contributed by atoms with van der Waals surface area (Å²) >= 11 is 11.6. The molecule has 0 aliphatic rings. The summed E-state index contributed by atoms with van der Waals surface area (Å²) in [5.41, 5.74) is 0.795. The minimum absolute atomic E-state index is 0.131. The molecule has 3 nitrogen and oxygen atoms in total. The molecule has 84 valence electrons. The number of halogens is 2. The van der Waals surface area contributed by atoms with Crippen LogP contribution in [0, 0.1) is 11.3 Å². The van der Waals surface area contributed by atoms with Crippen LogP contribution in [0.15, 0.2) is 18.2 Å². The number of benzene rings is 1. The number of rotatable bonds is 4. The van der Waals surface area contributed by atoms with Crippen LogP contribution in [0.25, 0.3) is 0 Å². The van der Waals surface area contributed by atoms with Gasteiger partial charge >= 0.3 is 0 Å². The third-order valence-corrected chi connectivity index (χ3v) is 2.65. The molecule has 0 aromatic heterocycles. The quantitative estimate of drug-likeness (QED) is 0.843. The van der Waals surface area contributed by atoms with E-state index in [-0.39, 0.29) is 12.3 Å². The van der Waals surface area contributed by atoms with E-state index < -0.39 is 0 Å². The molecule has 0 bridgehead atoms. The molecule has 0 spiro atoms. The minimum atomic E-state index is -0.131. The molecule has 1 N–H and O–H groups in total. The van der Waals surface area contributed by atoms with Crippen molar-refractivity contribution >= 4 is 29.1 Å². The van der Waals surface area contributed by atoms with Crippen molar-refractivity contribution in [1.82, 2.24) is 5.32 Å². The van der Waals surface area contributed by atoms with Crippen molar-refractivity contribution in [1.29, 1.82) is 5.26 Å². The van der Waals surface area contributed by atoms with Gasteiger partial charge in [0.15, 0.2) is 0 Å². The molecule has 0 radical (unpaired) electrons. The number of amides is 1. The molecule has 1 rings (SSSR count). The van der Waals surface area contributed by atoms with Crippen LogP contribution in [0.4, 0.5) is 0 Å². The molecule has 0 saturated heterocycles. The maximum absolute atomic E-state index is 11.4. The average Bonchev–Trinajstić information content (AvgIpc) is 2.24. The average molecular weight is 257 g/mol. The number of nitrogens with one attached hydrogen (secondary N) is 1. The maximum Gasteiger partial charge on any atom is 0.224 e. The maximum atomic E-state index is 11.4. The molecule has 0 heterocycles. The van der Waals surface area contributed by atoms with E-state index in [9.17, 15) is 4.79 Å². The minimum Gasteiger partial charge on any atom is -0.355 e.